The Morgan fingerprint density at radius 1 is 1.00 bits per heavy atom. The molecule has 0 fully saturated rings. The molecule has 0 bridgehead atoms. The standard InChI is InChI=1S/C16H17N3/c1-12-6-5-9-15-18-14(16(17)19(12)15)11-10-13-7-3-2-4-8-13/h2-9H,10-11,17H2,1H3. The number of pyridine rings is 1. The number of nitrogen functional groups attached to an aromatic ring is 1. The molecule has 0 aliphatic carbocycles. The van der Waals surface area contributed by atoms with Crippen LogP contribution in [0.25, 0.3) is 5.65 Å². The number of rotatable bonds is 3. The minimum absolute atomic E-state index is 0.768. The maximum absolute atomic E-state index is 6.20. The third-order valence-electron chi connectivity index (χ3n) is 3.44. The van der Waals surface area contributed by atoms with Crippen molar-refractivity contribution < 1.29 is 0 Å². The zero-order valence-electron chi connectivity index (χ0n) is 11.0. The molecular weight excluding hydrogens is 234 g/mol. The van der Waals surface area contributed by atoms with Gasteiger partial charge >= 0.3 is 0 Å². The second-order valence-corrected chi connectivity index (χ2v) is 4.79. The maximum atomic E-state index is 6.20. The van der Waals surface area contributed by atoms with E-state index >= 15 is 0 Å². The second-order valence-electron chi connectivity index (χ2n) is 4.79. The number of aromatic nitrogens is 2. The third kappa shape index (κ3) is 2.19. The molecule has 96 valence electrons. The highest BCUT2D eigenvalue weighted by molar-refractivity contribution is 5.54. The average Bonchev–Trinajstić information content (AvgIpc) is 2.76. The van der Waals surface area contributed by atoms with Gasteiger partial charge < -0.3 is 5.73 Å². The summed E-state index contributed by atoms with van der Waals surface area (Å²) in [5.74, 6) is 0.768. The molecule has 2 N–H and O–H groups in total. The summed E-state index contributed by atoms with van der Waals surface area (Å²) in [4.78, 5) is 4.63. The minimum Gasteiger partial charge on any atom is -0.383 e. The van der Waals surface area contributed by atoms with Crippen molar-refractivity contribution in [2.75, 3.05) is 5.73 Å². The summed E-state index contributed by atoms with van der Waals surface area (Å²) in [5, 5.41) is 0. The number of hydrogen-bond acceptors (Lipinski definition) is 2. The van der Waals surface area contributed by atoms with Crippen molar-refractivity contribution in [3.05, 3.63) is 65.5 Å². The van der Waals surface area contributed by atoms with Crippen molar-refractivity contribution in [1.29, 1.82) is 0 Å². The lowest BCUT2D eigenvalue weighted by molar-refractivity contribution is 0.930. The number of nitrogens with zero attached hydrogens (tertiary/aromatic N) is 2. The Morgan fingerprint density at radius 3 is 2.53 bits per heavy atom. The summed E-state index contributed by atoms with van der Waals surface area (Å²) in [6.45, 7) is 2.05. The van der Waals surface area contributed by atoms with Gasteiger partial charge in [-0.1, -0.05) is 36.4 Å². The molecule has 0 aliphatic rings. The summed E-state index contributed by atoms with van der Waals surface area (Å²) in [6.07, 6.45) is 1.84. The summed E-state index contributed by atoms with van der Waals surface area (Å²) in [7, 11) is 0. The van der Waals surface area contributed by atoms with Crippen LogP contribution >= 0.6 is 0 Å². The fourth-order valence-electron chi connectivity index (χ4n) is 2.42. The monoisotopic (exact) mass is 251 g/mol. The summed E-state index contributed by atoms with van der Waals surface area (Å²) < 4.78 is 2.01. The van der Waals surface area contributed by atoms with Crippen LogP contribution in [0.15, 0.2) is 48.5 Å². The third-order valence-corrected chi connectivity index (χ3v) is 3.44. The van der Waals surface area contributed by atoms with E-state index in [1.165, 1.54) is 5.56 Å². The SMILES string of the molecule is Cc1cccc2nc(CCc3ccccc3)c(N)n12. The average molecular weight is 251 g/mol. The predicted molar refractivity (Wildman–Crippen MR) is 78.2 cm³/mol. The Morgan fingerprint density at radius 2 is 1.79 bits per heavy atom. The van der Waals surface area contributed by atoms with Gasteiger partial charge in [-0.25, -0.2) is 4.98 Å². The van der Waals surface area contributed by atoms with Gasteiger partial charge in [-0.3, -0.25) is 4.40 Å². The van der Waals surface area contributed by atoms with Gasteiger partial charge in [-0.05, 0) is 37.5 Å². The van der Waals surface area contributed by atoms with Crippen LogP contribution in [0.4, 0.5) is 5.82 Å². The molecule has 0 saturated heterocycles. The van der Waals surface area contributed by atoms with Crippen molar-refractivity contribution in [3.63, 3.8) is 0 Å². The number of benzene rings is 1. The second kappa shape index (κ2) is 4.76. The fourth-order valence-corrected chi connectivity index (χ4v) is 2.42. The summed E-state index contributed by atoms with van der Waals surface area (Å²) in [6, 6.07) is 16.5. The number of hydrogen-bond donors (Lipinski definition) is 1. The highest BCUT2D eigenvalue weighted by atomic mass is 15.1. The van der Waals surface area contributed by atoms with Gasteiger partial charge in [0.1, 0.15) is 11.5 Å². The first-order chi connectivity index (χ1) is 9.25. The number of nitrogens with two attached hydrogens (primary N) is 1. The highest BCUT2D eigenvalue weighted by Gasteiger charge is 2.10. The van der Waals surface area contributed by atoms with E-state index in [0.29, 0.717) is 0 Å². The van der Waals surface area contributed by atoms with Crippen molar-refractivity contribution in [2.24, 2.45) is 0 Å². The van der Waals surface area contributed by atoms with E-state index in [2.05, 4.69) is 29.2 Å². The van der Waals surface area contributed by atoms with Gasteiger partial charge in [0.25, 0.3) is 0 Å². The van der Waals surface area contributed by atoms with E-state index in [4.69, 9.17) is 5.73 Å². The minimum atomic E-state index is 0.768. The van der Waals surface area contributed by atoms with E-state index in [0.717, 1.165) is 35.7 Å². The first kappa shape index (κ1) is 11.8. The lowest BCUT2D eigenvalue weighted by atomic mass is 10.1. The van der Waals surface area contributed by atoms with E-state index in [-0.39, 0.29) is 0 Å². The van der Waals surface area contributed by atoms with Gasteiger partial charge in [0.2, 0.25) is 0 Å². The predicted octanol–water partition coefficient (Wildman–Crippen LogP) is 3.01. The molecule has 0 saturated carbocycles. The van der Waals surface area contributed by atoms with Gasteiger partial charge in [-0.15, -0.1) is 0 Å². The molecular formula is C16H17N3. The number of imidazole rings is 1. The van der Waals surface area contributed by atoms with E-state index in [1.807, 2.05) is 35.6 Å². The van der Waals surface area contributed by atoms with E-state index in [1.54, 1.807) is 0 Å². The van der Waals surface area contributed by atoms with Crippen LogP contribution in [-0.4, -0.2) is 9.38 Å². The normalized spacial score (nSPS) is 11.0. The van der Waals surface area contributed by atoms with Gasteiger partial charge in [0.05, 0.1) is 5.69 Å². The largest absolute Gasteiger partial charge is 0.383 e. The van der Waals surface area contributed by atoms with E-state index < -0.39 is 0 Å². The van der Waals surface area contributed by atoms with Gasteiger partial charge in [0, 0.05) is 5.69 Å². The molecule has 3 heteroatoms. The maximum Gasteiger partial charge on any atom is 0.138 e. The lowest BCUT2D eigenvalue weighted by Gasteiger charge is -2.02. The smallest absolute Gasteiger partial charge is 0.138 e. The molecule has 0 amide bonds. The molecule has 0 atom stereocenters. The van der Waals surface area contributed by atoms with Crippen LogP contribution in [0.1, 0.15) is 17.0 Å². The topological polar surface area (TPSA) is 43.3 Å². The molecule has 2 heterocycles. The Hall–Kier alpha value is -2.29. The summed E-state index contributed by atoms with van der Waals surface area (Å²) in [5.41, 5.74) is 10.6. The molecule has 3 aromatic rings. The molecule has 2 aromatic heterocycles. The zero-order chi connectivity index (χ0) is 13.2. The molecule has 0 aliphatic heterocycles. The van der Waals surface area contributed by atoms with Gasteiger partial charge in [0.15, 0.2) is 0 Å². The molecule has 0 spiro atoms. The molecule has 0 unspecified atom stereocenters. The number of fused-ring (bicyclic) bond motifs is 1. The molecule has 0 radical (unpaired) electrons. The lowest BCUT2D eigenvalue weighted by Crippen LogP contribution is -2.00. The van der Waals surface area contributed by atoms with Crippen LogP contribution in [-0.2, 0) is 12.8 Å². The van der Waals surface area contributed by atoms with Crippen LogP contribution in [0.5, 0.6) is 0 Å². The Bertz CT molecular complexity index is 699. The van der Waals surface area contributed by atoms with Crippen LogP contribution in [0.2, 0.25) is 0 Å². The van der Waals surface area contributed by atoms with E-state index in [9.17, 15) is 0 Å². The highest BCUT2D eigenvalue weighted by Crippen LogP contribution is 2.18. The molecule has 1 aromatic carbocycles. The van der Waals surface area contributed by atoms with Crippen LogP contribution in [0.3, 0.4) is 0 Å². The van der Waals surface area contributed by atoms with Crippen LogP contribution < -0.4 is 5.73 Å². The first-order valence-corrected chi connectivity index (χ1v) is 6.52. The van der Waals surface area contributed by atoms with Crippen molar-refractivity contribution in [1.82, 2.24) is 9.38 Å². The van der Waals surface area contributed by atoms with Crippen molar-refractivity contribution in [3.8, 4) is 0 Å². The Balaban J connectivity index is 1.90. The molecule has 3 nitrogen and oxygen atoms in total. The quantitative estimate of drug-likeness (QED) is 0.777. The van der Waals surface area contributed by atoms with Gasteiger partial charge in [-0.2, -0.15) is 0 Å². The first-order valence-electron chi connectivity index (χ1n) is 6.52. The van der Waals surface area contributed by atoms with Crippen molar-refractivity contribution in [2.45, 2.75) is 19.8 Å². The summed E-state index contributed by atoms with van der Waals surface area (Å²) >= 11 is 0. The fraction of sp³-hybridized carbons (Fsp3) is 0.188. The van der Waals surface area contributed by atoms with Crippen molar-refractivity contribution >= 4 is 11.5 Å². The Labute approximate surface area is 112 Å². The van der Waals surface area contributed by atoms with Crippen LogP contribution in [0, 0.1) is 6.92 Å². The zero-order valence-corrected chi connectivity index (χ0v) is 11.0. The number of aryl methyl sites for hydroxylation is 3. The molecule has 19 heavy (non-hydrogen) atoms. The number of anilines is 1. The molecule has 3 rings (SSSR count). The Kier molecular flexibility index (Phi) is 2.95.